The number of hydrogen-bond donors (Lipinski definition) is 1. The first-order chi connectivity index (χ1) is 9.46. The lowest BCUT2D eigenvalue weighted by atomic mass is 9.67. The van der Waals surface area contributed by atoms with Crippen molar-refractivity contribution in [3.63, 3.8) is 0 Å². The first-order valence-corrected chi connectivity index (χ1v) is 6.92. The number of halogens is 1. The summed E-state index contributed by atoms with van der Waals surface area (Å²) in [5.41, 5.74) is 0.432. The fraction of sp³-hybridized carbons (Fsp3) is 0.467. The fourth-order valence-electron chi connectivity index (χ4n) is 2.82. The predicted molar refractivity (Wildman–Crippen MR) is 76.6 cm³/mol. The number of piperidine rings is 1. The van der Waals surface area contributed by atoms with Crippen LogP contribution in [0, 0.1) is 5.41 Å². The molecule has 0 aromatic heterocycles. The van der Waals surface area contributed by atoms with Gasteiger partial charge in [0.15, 0.2) is 0 Å². The molecule has 1 aromatic carbocycles. The normalized spacial score (nSPS) is 26.4. The van der Waals surface area contributed by atoms with E-state index >= 15 is 0 Å². The summed E-state index contributed by atoms with van der Waals surface area (Å²) in [5.74, 6) is -0.839. The van der Waals surface area contributed by atoms with Crippen LogP contribution in [0.25, 0.3) is 0 Å². The van der Waals surface area contributed by atoms with E-state index in [0.717, 1.165) is 5.56 Å². The maximum atomic E-state index is 12.3. The monoisotopic (exact) mass is 295 g/mol. The molecule has 1 aromatic rings. The van der Waals surface area contributed by atoms with Crippen LogP contribution in [-0.4, -0.2) is 25.5 Å². The van der Waals surface area contributed by atoms with Gasteiger partial charge in [-0.05, 0) is 29.5 Å². The van der Waals surface area contributed by atoms with Crippen molar-refractivity contribution in [2.24, 2.45) is 5.41 Å². The van der Waals surface area contributed by atoms with E-state index in [9.17, 15) is 9.59 Å². The largest absolute Gasteiger partial charge is 0.385 e. The minimum atomic E-state index is -0.441. The van der Waals surface area contributed by atoms with Crippen molar-refractivity contribution in [2.75, 3.05) is 13.7 Å². The van der Waals surface area contributed by atoms with E-state index in [1.165, 1.54) is 0 Å². The molecule has 0 saturated carbocycles. The van der Waals surface area contributed by atoms with Crippen molar-refractivity contribution in [1.29, 1.82) is 0 Å². The van der Waals surface area contributed by atoms with Gasteiger partial charge in [0.1, 0.15) is 0 Å². The lowest BCUT2D eigenvalue weighted by Gasteiger charge is -2.40. The van der Waals surface area contributed by atoms with Crippen LogP contribution in [0.2, 0.25) is 5.02 Å². The van der Waals surface area contributed by atoms with Crippen LogP contribution in [0.4, 0.5) is 0 Å². The number of nitrogens with one attached hydrogen (secondary N) is 1. The van der Waals surface area contributed by atoms with Crippen LogP contribution in [0.1, 0.15) is 31.2 Å². The predicted octanol–water partition coefficient (Wildman–Crippen LogP) is 2.51. The molecule has 108 valence electrons. The van der Waals surface area contributed by atoms with Crippen LogP contribution >= 0.6 is 11.6 Å². The second-order valence-corrected chi connectivity index (χ2v) is 5.91. The maximum Gasteiger partial charge on any atom is 0.234 e. The summed E-state index contributed by atoms with van der Waals surface area (Å²) in [4.78, 5) is 24.0. The summed E-state index contributed by atoms with van der Waals surface area (Å²) >= 11 is 5.89. The van der Waals surface area contributed by atoms with E-state index in [1.807, 2.05) is 19.1 Å². The molecule has 1 N–H and O–H groups in total. The fourth-order valence-corrected chi connectivity index (χ4v) is 2.94. The van der Waals surface area contributed by atoms with E-state index in [-0.39, 0.29) is 17.7 Å². The molecule has 0 spiro atoms. The van der Waals surface area contributed by atoms with Gasteiger partial charge in [0.05, 0.1) is 5.92 Å². The number of carbonyl (C=O) groups excluding carboxylic acids is 2. The molecule has 2 unspecified atom stereocenters. The number of imide groups is 1. The Kier molecular flexibility index (Phi) is 4.45. The van der Waals surface area contributed by atoms with Crippen molar-refractivity contribution in [3.8, 4) is 0 Å². The second-order valence-electron chi connectivity index (χ2n) is 5.47. The van der Waals surface area contributed by atoms with Crippen LogP contribution < -0.4 is 5.32 Å². The molecule has 5 heteroatoms. The van der Waals surface area contributed by atoms with E-state index in [2.05, 4.69) is 5.32 Å². The van der Waals surface area contributed by atoms with Gasteiger partial charge in [-0.15, -0.1) is 0 Å². The van der Waals surface area contributed by atoms with Crippen LogP contribution in [0.15, 0.2) is 24.3 Å². The topological polar surface area (TPSA) is 55.4 Å². The molecule has 20 heavy (non-hydrogen) atoms. The lowest BCUT2D eigenvalue weighted by molar-refractivity contribution is -0.140. The molecule has 0 bridgehead atoms. The van der Waals surface area contributed by atoms with Gasteiger partial charge in [-0.1, -0.05) is 30.7 Å². The Labute approximate surface area is 123 Å². The Morgan fingerprint density at radius 1 is 1.35 bits per heavy atom. The highest BCUT2D eigenvalue weighted by Gasteiger charge is 2.45. The van der Waals surface area contributed by atoms with Gasteiger partial charge in [-0.3, -0.25) is 14.9 Å². The third-order valence-electron chi connectivity index (χ3n) is 3.87. The molecule has 0 radical (unpaired) electrons. The van der Waals surface area contributed by atoms with Gasteiger partial charge in [0.2, 0.25) is 11.8 Å². The van der Waals surface area contributed by atoms with Crippen molar-refractivity contribution in [3.05, 3.63) is 34.9 Å². The summed E-state index contributed by atoms with van der Waals surface area (Å²) in [6.07, 6.45) is 0.964. The van der Waals surface area contributed by atoms with Gasteiger partial charge in [0, 0.05) is 25.2 Å². The molecule has 1 aliphatic rings. The minimum Gasteiger partial charge on any atom is -0.385 e. The van der Waals surface area contributed by atoms with E-state index in [4.69, 9.17) is 16.3 Å². The molecule has 1 aliphatic heterocycles. The quantitative estimate of drug-likeness (QED) is 0.868. The number of methoxy groups -OCH3 is 1. The number of amides is 2. The zero-order valence-electron chi connectivity index (χ0n) is 11.6. The standard InChI is InChI=1S/C15H18ClNO3/c1-15(7-8-20-2)9-12(18)17-14(19)13(15)10-3-5-11(16)6-4-10/h3-6,13H,7-9H2,1-2H3,(H,17,18,19). The van der Waals surface area contributed by atoms with E-state index in [0.29, 0.717) is 24.5 Å². The highest BCUT2D eigenvalue weighted by molar-refractivity contribution is 6.30. The molecule has 2 rings (SSSR count). The third-order valence-corrected chi connectivity index (χ3v) is 4.12. The molecular formula is C15H18ClNO3. The zero-order valence-corrected chi connectivity index (χ0v) is 12.4. The summed E-state index contributed by atoms with van der Waals surface area (Å²) in [6, 6.07) is 7.20. The van der Waals surface area contributed by atoms with E-state index < -0.39 is 5.41 Å². The van der Waals surface area contributed by atoms with Crippen LogP contribution in [0.5, 0.6) is 0 Å². The summed E-state index contributed by atoms with van der Waals surface area (Å²) in [7, 11) is 1.62. The highest BCUT2D eigenvalue weighted by Crippen LogP contribution is 2.44. The van der Waals surface area contributed by atoms with Crippen molar-refractivity contribution in [1.82, 2.24) is 5.32 Å². The summed E-state index contributed by atoms with van der Waals surface area (Å²) in [5, 5.41) is 3.05. The molecule has 0 aliphatic carbocycles. The molecule has 4 nitrogen and oxygen atoms in total. The Hall–Kier alpha value is -1.39. The SMILES string of the molecule is COCCC1(C)CC(=O)NC(=O)C1c1ccc(Cl)cc1. The van der Waals surface area contributed by atoms with Crippen molar-refractivity contribution < 1.29 is 14.3 Å². The minimum absolute atomic E-state index is 0.223. The van der Waals surface area contributed by atoms with Crippen molar-refractivity contribution >= 4 is 23.4 Å². The Bertz CT molecular complexity index is 514. The van der Waals surface area contributed by atoms with Gasteiger partial charge in [-0.25, -0.2) is 0 Å². The Morgan fingerprint density at radius 2 is 2.00 bits per heavy atom. The smallest absolute Gasteiger partial charge is 0.234 e. The van der Waals surface area contributed by atoms with E-state index in [1.54, 1.807) is 19.2 Å². The highest BCUT2D eigenvalue weighted by atomic mass is 35.5. The van der Waals surface area contributed by atoms with Crippen molar-refractivity contribution in [2.45, 2.75) is 25.7 Å². The summed E-state index contributed by atoms with van der Waals surface area (Å²) in [6.45, 7) is 2.48. The van der Waals surface area contributed by atoms with Crippen LogP contribution in [0.3, 0.4) is 0 Å². The first-order valence-electron chi connectivity index (χ1n) is 6.54. The number of benzene rings is 1. The lowest BCUT2D eigenvalue weighted by Crippen LogP contribution is -2.49. The number of carbonyl (C=O) groups is 2. The second kappa shape index (κ2) is 5.94. The Balaban J connectivity index is 2.36. The molecule has 2 amide bonds. The number of rotatable bonds is 4. The molecule has 1 fully saturated rings. The average Bonchev–Trinajstić information content (AvgIpc) is 2.38. The van der Waals surface area contributed by atoms with Gasteiger partial charge < -0.3 is 4.74 Å². The number of ether oxygens (including phenoxy) is 1. The van der Waals surface area contributed by atoms with Gasteiger partial charge in [-0.2, -0.15) is 0 Å². The summed E-state index contributed by atoms with van der Waals surface area (Å²) < 4.78 is 5.12. The third kappa shape index (κ3) is 3.02. The molecule has 2 atom stereocenters. The first kappa shape index (κ1) is 15.0. The average molecular weight is 296 g/mol. The van der Waals surface area contributed by atoms with Gasteiger partial charge >= 0.3 is 0 Å². The Morgan fingerprint density at radius 3 is 2.60 bits per heavy atom. The van der Waals surface area contributed by atoms with Crippen LogP contribution in [-0.2, 0) is 14.3 Å². The maximum absolute atomic E-state index is 12.3. The number of hydrogen-bond acceptors (Lipinski definition) is 3. The van der Waals surface area contributed by atoms with Gasteiger partial charge in [0.25, 0.3) is 0 Å². The molecule has 1 heterocycles. The molecular weight excluding hydrogens is 278 g/mol. The molecule has 1 saturated heterocycles. The zero-order chi connectivity index (χ0) is 14.8.